The number of aromatic nitrogens is 1. The first-order valence-corrected chi connectivity index (χ1v) is 13.1. The van der Waals surface area contributed by atoms with Crippen LogP contribution in [0.4, 0.5) is 5.69 Å². The van der Waals surface area contributed by atoms with Gasteiger partial charge in [0.1, 0.15) is 5.69 Å². The Kier molecular flexibility index (Phi) is 7.18. The minimum absolute atomic E-state index is 0.00179. The molecule has 1 N–H and O–H groups in total. The largest absolute Gasteiger partial charge is 0.339 e. The molecule has 34 heavy (non-hydrogen) atoms. The molecule has 0 aliphatic carbocycles. The summed E-state index contributed by atoms with van der Waals surface area (Å²) in [6.07, 6.45) is 7.26. The number of benzene rings is 1. The Morgan fingerprint density at radius 3 is 2.06 bits per heavy atom. The van der Waals surface area contributed by atoms with Crippen LogP contribution in [0.2, 0.25) is 0 Å². The van der Waals surface area contributed by atoms with Gasteiger partial charge in [0, 0.05) is 45.0 Å². The molecule has 10 heteroatoms. The smallest absolute Gasteiger partial charge is 0.274 e. The number of anilines is 1. The van der Waals surface area contributed by atoms with Crippen LogP contribution in [0.25, 0.3) is 0 Å². The van der Waals surface area contributed by atoms with Gasteiger partial charge < -0.3 is 14.8 Å². The molecule has 1 aromatic carbocycles. The lowest BCUT2D eigenvalue weighted by Gasteiger charge is -2.21. The van der Waals surface area contributed by atoms with Crippen LogP contribution in [-0.4, -0.2) is 60.2 Å². The Morgan fingerprint density at radius 1 is 0.853 bits per heavy atom. The average molecular weight is 487 g/mol. The number of amides is 2. The third-order valence-electron chi connectivity index (χ3n) is 6.39. The summed E-state index contributed by atoms with van der Waals surface area (Å²) < 4.78 is 28.1. The third kappa shape index (κ3) is 5.07. The highest BCUT2D eigenvalue weighted by Gasteiger charge is 2.27. The number of nitrogens with zero attached hydrogens (tertiary/aromatic N) is 3. The van der Waals surface area contributed by atoms with Crippen LogP contribution in [0.3, 0.4) is 0 Å². The van der Waals surface area contributed by atoms with Crippen molar-refractivity contribution in [2.24, 2.45) is 7.05 Å². The van der Waals surface area contributed by atoms with Gasteiger partial charge in [-0.15, -0.1) is 0 Å². The van der Waals surface area contributed by atoms with Crippen LogP contribution in [0.1, 0.15) is 59.2 Å². The zero-order valence-electron chi connectivity index (χ0n) is 19.3. The number of sulfonamides is 1. The molecule has 1 aromatic heterocycles. The summed E-state index contributed by atoms with van der Waals surface area (Å²) in [6, 6.07) is 7.07. The maximum Gasteiger partial charge on any atom is 0.274 e. The van der Waals surface area contributed by atoms with Crippen molar-refractivity contribution in [3.05, 3.63) is 58.0 Å². The second kappa shape index (κ2) is 10.1. The van der Waals surface area contributed by atoms with Crippen LogP contribution in [0, 0.1) is 0 Å². The molecule has 182 valence electrons. The maximum atomic E-state index is 13.0. The molecule has 4 rings (SSSR count). The number of nitrogens with one attached hydrogen (secondary N) is 1. The van der Waals surface area contributed by atoms with Gasteiger partial charge in [0.05, 0.1) is 10.5 Å². The van der Waals surface area contributed by atoms with Gasteiger partial charge in [-0.2, -0.15) is 4.31 Å². The first kappa shape index (κ1) is 24.2. The molecule has 2 saturated heterocycles. The van der Waals surface area contributed by atoms with E-state index in [-0.39, 0.29) is 22.1 Å². The quantitative estimate of drug-likeness (QED) is 0.698. The molecule has 2 aliphatic rings. The number of hydrogen-bond donors (Lipinski definition) is 1. The SMILES string of the molecule is Cn1cc(C(=O)N2CCCCCC2)cc(NC(=O)c2ccc(S(=O)(=O)N3CCCC3)cc2)c1=O. The molecule has 0 spiro atoms. The second-order valence-corrected chi connectivity index (χ2v) is 10.8. The summed E-state index contributed by atoms with van der Waals surface area (Å²) in [6.45, 7) is 2.35. The standard InChI is InChI=1S/C24H30N4O5S/c1-26-17-19(23(30)27-12-4-2-3-5-13-27)16-21(24(26)31)25-22(29)18-8-10-20(11-9-18)34(32,33)28-14-6-7-15-28/h8-11,16-17H,2-7,12-15H2,1H3,(H,25,29). The van der Waals surface area contributed by atoms with Crippen LogP contribution < -0.4 is 10.9 Å². The van der Waals surface area contributed by atoms with Gasteiger partial charge in [0.15, 0.2) is 0 Å². The van der Waals surface area contributed by atoms with Gasteiger partial charge in [0.2, 0.25) is 10.0 Å². The van der Waals surface area contributed by atoms with E-state index in [1.165, 1.54) is 52.4 Å². The second-order valence-electron chi connectivity index (χ2n) is 8.85. The van der Waals surface area contributed by atoms with Crippen molar-refractivity contribution in [1.82, 2.24) is 13.8 Å². The molecular formula is C24H30N4O5S. The van der Waals surface area contributed by atoms with Crippen molar-refractivity contribution in [2.45, 2.75) is 43.4 Å². The number of pyridine rings is 1. The Balaban J connectivity index is 1.52. The number of aryl methyl sites for hydroxylation is 1. The van der Waals surface area contributed by atoms with Crippen molar-refractivity contribution >= 4 is 27.5 Å². The summed E-state index contributed by atoms with van der Waals surface area (Å²) in [5, 5.41) is 2.59. The molecule has 0 unspecified atom stereocenters. The first-order chi connectivity index (χ1) is 16.3. The van der Waals surface area contributed by atoms with Gasteiger partial charge in [-0.1, -0.05) is 12.8 Å². The van der Waals surface area contributed by atoms with E-state index in [2.05, 4.69) is 5.32 Å². The molecule has 2 fully saturated rings. The van der Waals surface area contributed by atoms with Crippen molar-refractivity contribution in [2.75, 3.05) is 31.5 Å². The Bertz CT molecular complexity index is 1220. The minimum Gasteiger partial charge on any atom is -0.339 e. The molecule has 0 atom stereocenters. The fourth-order valence-electron chi connectivity index (χ4n) is 4.42. The topological polar surface area (TPSA) is 109 Å². The van der Waals surface area contributed by atoms with Crippen molar-refractivity contribution in [3.8, 4) is 0 Å². The summed E-state index contributed by atoms with van der Waals surface area (Å²) in [7, 11) is -2.04. The Hall–Kier alpha value is -2.98. The predicted octanol–water partition coefficient (Wildman–Crippen LogP) is 2.44. The summed E-state index contributed by atoms with van der Waals surface area (Å²) >= 11 is 0. The highest BCUT2D eigenvalue weighted by atomic mass is 32.2. The number of hydrogen-bond acceptors (Lipinski definition) is 5. The lowest BCUT2D eigenvalue weighted by Crippen LogP contribution is -2.33. The van der Waals surface area contributed by atoms with Gasteiger partial charge in [-0.05, 0) is 56.0 Å². The molecule has 0 radical (unpaired) electrons. The van der Waals surface area contributed by atoms with Crippen LogP contribution in [0.15, 0.2) is 46.2 Å². The van der Waals surface area contributed by atoms with Crippen LogP contribution in [0.5, 0.6) is 0 Å². The fraction of sp³-hybridized carbons (Fsp3) is 0.458. The average Bonchev–Trinajstić information content (AvgIpc) is 3.25. The van der Waals surface area contributed by atoms with E-state index < -0.39 is 21.5 Å². The van der Waals surface area contributed by atoms with Gasteiger partial charge >= 0.3 is 0 Å². The van der Waals surface area contributed by atoms with E-state index >= 15 is 0 Å². The highest BCUT2D eigenvalue weighted by molar-refractivity contribution is 7.89. The minimum atomic E-state index is -3.57. The van der Waals surface area contributed by atoms with E-state index in [0.29, 0.717) is 31.7 Å². The first-order valence-electron chi connectivity index (χ1n) is 11.7. The molecular weight excluding hydrogens is 456 g/mol. The Morgan fingerprint density at radius 2 is 1.44 bits per heavy atom. The van der Waals surface area contributed by atoms with E-state index in [1.54, 1.807) is 4.90 Å². The molecule has 0 saturated carbocycles. The monoisotopic (exact) mass is 486 g/mol. The Labute approximate surface area is 199 Å². The molecule has 9 nitrogen and oxygen atoms in total. The maximum absolute atomic E-state index is 13.0. The summed E-state index contributed by atoms with van der Waals surface area (Å²) in [5.74, 6) is -0.717. The van der Waals surface area contributed by atoms with Gasteiger partial charge in [0.25, 0.3) is 17.4 Å². The number of rotatable bonds is 5. The van der Waals surface area contributed by atoms with Crippen LogP contribution >= 0.6 is 0 Å². The normalized spacial score (nSPS) is 17.4. The zero-order chi connectivity index (χ0) is 24.3. The zero-order valence-corrected chi connectivity index (χ0v) is 20.1. The molecule has 3 heterocycles. The molecule has 2 aliphatic heterocycles. The number of carbonyl (C=O) groups is 2. The molecule has 2 aromatic rings. The van der Waals surface area contributed by atoms with E-state index in [0.717, 1.165) is 38.5 Å². The lowest BCUT2D eigenvalue weighted by molar-refractivity contribution is 0.0760. The fourth-order valence-corrected chi connectivity index (χ4v) is 5.94. The van der Waals surface area contributed by atoms with E-state index in [1.807, 2.05) is 0 Å². The van der Waals surface area contributed by atoms with Crippen molar-refractivity contribution < 1.29 is 18.0 Å². The van der Waals surface area contributed by atoms with Gasteiger partial charge in [-0.25, -0.2) is 8.42 Å². The van der Waals surface area contributed by atoms with E-state index in [4.69, 9.17) is 0 Å². The summed E-state index contributed by atoms with van der Waals surface area (Å²) in [4.78, 5) is 40.3. The van der Waals surface area contributed by atoms with Crippen molar-refractivity contribution in [3.63, 3.8) is 0 Å². The van der Waals surface area contributed by atoms with Gasteiger partial charge in [-0.3, -0.25) is 14.4 Å². The third-order valence-corrected chi connectivity index (χ3v) is 8.30. The van der Waals surface area contributed by atoms with Crippen LogP contribution in [-0.2, 0) is 17.1 Å². The number of likely N-dealkylation sites (tertiary alicyclic amines) is 1. The number of carbonyl (C=O) groups excluding carboxylic acids is 2. The molecule has 2 amide bonds. The van der Waals surface area contributed by atoms with E-state index in [9.17, 15) is 22.8 Å². The predicted molar refractivity (Wildman–Crippen MR) is 128 cm³/mol. The molecule has 0 bridgehead atoms. The lowest BCUT2D eigenvalue weighted by atomic mass is 10.2. The van der Waals surface area contributed by atoms with Crippen molar-refractivity contribution in [1.29, 1.82) is 0 Å². The summed E-state index contributed by atoms with van der Waals surface area (Å²) in [5.41, 5.74) is 0.119. The highest BCUT2D eigenvalue weighted by Crippen LogP contribution is 2.21.